The van der Waals surface area contributed by atoms with E-state index in [0.29, 0.717) is 18.3 Å². The number of ether oxygens (including phenoxy) is 1. The van der Waals surface area contributed by atoms with Crippen LogP contribution in [0.5, 0.6) is 11.5 Å². The van der Waals surface area contributed by atoms with Crippen LogP contribution in [0.3, 0.4) is 0 Å². The highest BCUT2D eigenvalue weighted by Crippen LogP contribution is 2.36. The second-order valence-corrected chi connectivity index (χ2v) is 7.77. The second kappa shape index (κ2) is 8.77. The molecule has 0 saturated heterocycles. The predicted octanol–water partition coefficient (Wildman–Crippen LogP) is 6.00. The molecule has 0 aliphatic heterocycles. The third kappa shape index (κ3) is 4.28. The molecule has 1 fully saturated rings. The Bertz CT molecular complexity index is 791. The largest absolute Gasteiger partial charge is 0.506 e. The molecule has 1 aliphatic rings. The molecular weight excluding hydrogens is 334 g/mol. The third-order valence-electron chi connectivity index (χ3n) is 6.07. The molecule has 0 radical (unpaired) electrons. The summed E-state index contributed by atoms with van der Waals surface area (Å²) in [7, 11) is 0. The van der Waals surface area contributed by atoms with Crippen LogP contribution in [0.15, 0.2) is 18.2 Å². The maximum Gasteiger partial charge on any atom is 0.137 e. The Morgan fingerprint density at radius 1 is 1.07 bits per heavy atom. The molecule has 0 unspecified atom stereocenters. The summed E-state index contributed by atoms with van der Waals surface area (Å²) in [4.78, 5) is 4.91. The van der Waals surface area contributed by atoms with Crippen LogP contribution in [0, 0.1) is 13.8 Å². The standard InChI is InChI=1S/C24H33NO2/c1-5-18-14-23(27-6-2)17(4)16(3)21(18)15-20-12-13-22(26)24(25-20)19-10-8-7-9-11-19/h12-14,19,26H,5-11,15H2,1-4H3. The first kappa shape index (κ1) is 19.7. The highest BCUT2D eigenvalue weighted by molar-refractivity contribution is 5.50. The summed E-state index contributed by atoms with van der Waals surface area (Å²) in [6.45, 7) is 9.24. The molecule has 3 nitrogen and oxygen atoms in total. The average Bonchev–Trinajstić information content (AvgIpc) is 2.69. The number of pyridine rings is 1. The summed E-state index contributed by atoms with van der Waals surface area (Å²) in [5, 5.41) is 10.4. The van der Waals surface area contributed by atoms with Crippen LogP contribution >= 0.6 is 0 Å². The lowest BCUT2D eigenvalue weighted by Gasteiger charge is -2.23. The van der Waals surface area contributed by atoms with Gasteiger partial charge in [0.2, 0.25) is 0 Å². The Hall–Kier alpha value is -2.03. The molecule has 1 aliphatic carbocycles. The molecule has 0 atom stereocenters. The van der Waals surface area contributed by atoms with Crippen LogP contribution in [-0.2, 0) is 12.8 Å². The summed E-state index contributed by atoms with van der Waals surface area (Å²) in [5.41, 5.74) is 7.16. The quantitative estimate of drug-likeness (QED) is 0.680. The fourth-order valence-corrected chi connectivity index (χ4v) is 4.34. The van der Waals surface area contributed by atoms with Gasteiger partial charge in [0.05, 0.1) is 12.3 Å². The normalized spacial score (nSPS) is 15.1. The number of rotatable bonds is 6. The van der Waals surface area contributed by atoms with Crippen molar-refractivity contribution in [1.29, 1.82) is 0 Å². The Morgan fingerprint density at radius 3 is 2.48 bits per heavy atom. The van der Waals surface area contributed by atoms with E-state index in [0.717, 1.165) is 42.8 Å². The first-order valence-corrected chi connectivity index (χ1v) is 10.5. The average molecular weight is 368 g/mol. The number of hydrogen-bond donors (Lipinski definition) is 1. The number of aromatic hydroxyl groups is 1. The van der Waals surface area contributed by atoms with Crippen LogP contribution < -0.4 is 4.74 Å². The molecule has 2 aromatic rings. The molecule has 1 aromatic heterocycles. The van der Waals surface area contributed by atoms with Crippen molar-refractivity contribution in [3.8, 4) is 11.5 Å². The van der Waals surface area contributed by atoms with Gasteiger partial charge in [-0.1, -0.05) is 26.2 Å². The van der Waals surface area contributed by atoms with Crippen molar-refractivity contribution in [2.45, 2.75) is 78.6 Å². The van der Waals surface area contributed by atoms with E-state index in [1.54, 1.807) is 0 Å². The van der Waals surface area contributed by atoms with Crippen LogP contribution in [0.1, 0.15) is 85.5 Å². The second-order valence-electron chi connectivity index (χ2n) is 7.77. The smallest absolute Gasteiger partial charge is 0.137 e. The van der Waals surface area contributed by atoms with Gasteiger partial charge in [-0.2, -0.15) is 0 Å². The first-order chi connectivity index (χ1) is 13.0. The molecule has 27 heavy (non-hydrogen) atoms. The zero-order chi connectivity index (χ0) is 19.4. The predicted molar refractivity (Wildman–Crippen MR) is 111 cm³/mol. The van der Waals surface area contributed by atoms with Crippen molar-refractivity contribution in [3.63, 3.8) is 0 Å². The van der Waals surface area contributed by atoms with Crippen LogP contribution in [-0.4, -0.2) is 16.7 Å². The lowest BCUT2D eigenvalue weighted by molar-refractivity contribution is 0.337. The number of benzene rings is 1. The fraction of sp³-hybridized carbons (Fsp3) is 0.542. The van der Waals surface area contributed by atoms with E-state index < -0.39 is 0 Å². The maximum atomic E-state index is 10.4. The van der Waals surface area contributed by atoms with E-state index in [1.807, 2.05) is 19.1 Å². The first-order valence-electron chi connectivity index (χ1n) is 10.5. The molecule has 3 heteroatoms. The number of aryl methyl sites for hydroxylation is 1. The van der Waals surface area contributed by atoms with E-state index in [1.165, 1.54) is 41.5 Å². The molecule has 0 spiro atoms. The van der Waals surface area contributed by atoms with Gasteiger partial charge < -0.3 is 9.84 Å². The zero-order valence-corrected chi connectivity index (χ0v) is 17.3. The molecule has 1 heterocycles. The van der Waals surface area contributed by atoms with E-state index in [-0.39, 0.29) is 0 Å². The molecule has 0 amide bonds. The van der Waals surface area contributed by atoms with Crippen molar-refractivity contribution in [2.75, 3.05) is 6.61 Å². The van der Waals surface area contributed by atoms with Crippen molar-refractivity contribution < 1.29 is 9.84 Å². The fourth-order valence-electron chi connectivity index (χ4n) is 4.34. The summed E-state index contributed by atoms with van der Waals surface area (Å²) in [6.07, 6.45) is 7.87. The van der Waals surface area contributed by atoms with Gasteiger partial charge in [0.25, 0.3) is 0 Å². The molecule has 1 aromatic carbocycles. The number of nitrogens with zero attached hydrogens (tertiary/aromatic N) is 1. The molecule has 1 saturated carbocycles. The molecule has 0 bridgehead atoms. The van der Waals surface area contributed by atoms with Crippen LogP contribution in [0.4, 0.5) is 0 Å². The minimum Gasteiger partial charge on any atom is -0.506 e. The van der Waals surface area contributed by atoms with E-state index in [9.17, 15) is 5.11 Å². The van der Waals surface area contributed by atoms with Crippen molar-refractivity contribution >= 4 is 0 Å². The van der Waals surface area contributed by atoms with Gasteiger partial charge in [-0.3, -0.25) is 4.98 Å². The Morgan fingerprint density at radius 2 is 1.81 bits per heavy atom. The van der Waals surface area contributed by atoms with Crippen LogP contribution in [0.2, 0.25) is 0 Å². The molecule has 3 rings (SSSR count). The maximum absolute atomic E-state index is 10.4. The number of hydrogen-bond acceptors (Lipinski definition) is 3. The summed E-state index contributed by atoms with van der Waals surface area (Å²) in [5.74, 6) is 1.77. The summed E-state index contributed by atoms with van der Waals surface area (Å²) < 4.78 is 5.83. The zero-order valence-electron chi connectivity index (χ0n) is 17.3. The topological polar surface area (TPSA) is 42.4 Å². The van der Waals surface area contributed by atoms with E-state index >= 15 is 0 Å². The van der Waals surface area contributed by atoms with Gasteiger partial charge in [-0.25, -0.2) is 0 Å². The Balaban J connectivity index is 1.94. The highest BCUT2D eigenvalue weighted by Gasteiger charge is 2.21. The summed E-state index contributed by atoms with van der Waals surface area (Å²) >= 11 is 0. The van der Waals surface area contributed by atoms with E-state index in [2.05, 4.69) is 26.8 Å². The van der Waals surface area contributed by atoms with Crippen LogP contribution in [0.25, 0.3) is 0 Å². The van der Waals surface area contributed by atoms with Crippen molar-refractivity contribution in [3.05, 3.63) is 51.8 Å². The van der Waals surface area contributed by atoms with E-state index in [4.69, 9.17) is 9.72 Å². The molecule has 1 N–H and O–H groups in total. The Kier molecular flexibility index (Phi) is 6.41. The van der Waals surface area contributed by atoms with Gasteiger partial charge in [0, 0.05) is 18.0 Å². The van der Waals surface area contributed by atoms with Crippen molar-refractivity contribution in [1.82, 2.24) is 4.98 Å². The lowest BCUT2D eigenvalue weighted by Crippen LogP contribution is -2.09. The number of aromatic nitrogens is 1. The van der Waals surface area contributed by atoms with Gasteiger partial charge >= 0.3 is 0 Å². The van der Waals surface area contributed by atoms with Gasteiger partial charge in [-0.15, -0.1) is 0 Å². The van der Waals surface area contributed by atoms with Gasteiger partial charge in [0.15, 0.2) is 0 Å². The third-order valence-corrected chi connectivity index (χ3v) is 6.07. The van der Waals surface area contributed by atoms with Gasteiger partial charge in [-0.05, 0) is 80.5 Å². The monoisotopic (exact) mass is 367 g/mol. The Labute approximate surface area is 163 Å². The highest BCUT2D eigenvalue weighted by atomic mass is 16.5. The molecule has 146 valence electrons. The minimum atomic E-state index is 0.362. The van der Waals surface area contributed by atoms with Gasteiger partial charge in [0.1, 0.15) is 11.5 Å². The van der Waals surface area contributed by atoms with Crippen molar-refractivity contribution in [2.24, 2.45) is 0 Å². The lowest BCUT2D eigenvalue weighted by atomic mass is 9.86. The molecular formula is C24H33NO2. The minimum absolute atomic E-state index is 0.362. The summed E-state index contributed by atoms with van der Waals surface area (Å²) in [6, 6.07) is 6.02. The SMILES string of the molecule is CCOc1cc(CC)c(Cc2ccc(O)c(C3CCCCC3)n2)c(C)c1C.